The topological polar surface area (TPSA) is 146 Å². The molecule has 2 N–H and O–H groups in total. The standard InChI is InChI=1S/C29H34O11/c1-15-6-8-26-13-34-23(33)21-28(40-21)9-10-35-27(20(31)22(32)39-24(27)28)7-4-3-5-19(30)38-16-12-18(37-17(26)11-15)29(14-36-29)25(16,26)2/h3-5,7,11,16-18,20-22,24,31-32H,6,8-10,12-14H2,1-2H3/b5-3-,7-4+/t16-,17-,18-,20?,21?,22?,24+,25-,26-,27-,28+,29?/m1/s1. The van der Waals surface area contributed by atoms with Crippen LogP contribution < -0.4 is 0 Å². The van der Waals surface area contributed by atoms with E-state index in [1.54, 1.807) is 12.2 Å². The van der Waals surface area contributed by atoms with E-state index in [1.165, 1.54) is 17.7 Å². The largest absolute Gasteiger partial charge is 0.463 e. The normalized spacial score (nSPS) is 57.6. The van der Waals surface area contributed by atoms with E-state index in [0.717, 1.165) is 6.42 Å². The van der Waals surface area contributed by atoms with Crippen LogP contribution in [-0.4, -0.2) is 102 Å². The molecule has 3 spiro atoms. The van der Waals surface area contributed by atoms with Crippen LogP contribution in [0.15, 0.2) is 36.0 Å². The zero-order valence-electron chi connectivity index (χ0n) is 22.4. The third kappa shape index (κ3) is 2.94. The van der Waals surface area contributed by atoms with Crippen LogP contribution in [0, 0.1) is 10.8 Å². The van der Waals surface area contributed by atoms with Gasteiger partial charge in [-0.3, -0.25) is 0 Å². The molecule has 11 nitrogen and oxygen atoms in total. The van der Waals surface area contributed by atoms with Crippen LogP contribution in [-0.2, 0) is 42.7 Å². The Balaban J connectivity index is 1.22. The predicted molar refractivity (Wildman–Crippen MR) is 132 cm³/mol. The van der Waals surface area contributed by atoms with Crippen molar-refractivity contribution in [2.75, 3.05) is 19.8 Å². The lowest BCUT2D eigenvalue weighted by molar-refractivity contribution is -0.233. The summed E-state index contributed by atoms with van der Waals surface area (Å²) in [5.41, 5.74) is -3.37. The maximum absolute atomic E-state index is 13.7. The molecular formula is C29H34O11. The molecule has 1 saturated carbocycles. The molecule has 5 saturated heterocycles. The van der Waals surface area contributed by atoms with Gasteiger partial charge in [0, 0.05) is 24.3 Å². The fraction of sp³-hybridized carbons (Fsp3) is 0.724. The van der Waals surface area contributed by atoms with E-state index in [0.29, 0.717) is 25.9 Å². The average molecular weight is 559 g/mol. The minimum Gasteiger partial charge on any atom is -0.463 e. The molecule has 12 atom stereocenters. The predicted octanol–water partition coefficient (Wildman–Crippen LogP) is 0.615. The molecule has 4 bridgehead atoms. The Hall–Kier alpha value is -2.12. The lowest BCUT2D eigenvalue weighted by Crippen LogP contribution is -2.67. The maximum atomic E-state index is 13.7. The van der Waals surface area contributed by atoms with Gasteiger partial charge in [-0.1, -0.05) is 30.7 Å². The van der Waals surface area contributed by atoms with Gasteiger partial charge < -0.3 is 43.4 Å². The molecular weight excluding hydrogens is 524 g/mol. The van der Waals surface area contributed by atoms with Crippen molar-refractivity contribution in [3.05, 3.63) is 36.0 Å². The number of carbonyl (C=O) groups excluding carboxylic acids is 2. The summed E-state index contributed by atoms with van der Waals surface area (Å²) in [7, 11) is 0. The van der Waals surface area contributed by atoms with Crippen LogP contribution in [0.1, 0.15) is 39.5 Å². The molecule has 40 heavy (non-hydrogen) atoms. The number of epoxide rings is 2. The number of ether oxygens (including phenoxy) is 7. The van der Waals surface area contributed by atoms with Crippen molar-refractivity contribution < 1.29 is 53.0 Å². The molecule has 2 aliphatic carbocycles. The molecule has 8 aliphatic rings. The summed E-state index contributed by atoms with van der Waals surface area (Å²) < 4.78 is 42.8. The summed E-state index contributed by atoms with van der Waals surface area (Å²) >= 11 is 0. The summed E-state index contributed by atoms with van der Waals surface area (Å²) in [5, 5.41) is 21.3. The number of aliphatic hydroxyl groups is 2. The zero-order valence-corrected chi connectivity index (χ0v) is 22.4. The number of rotatable bonds is 0. The molecule has 6 fully saturated rings. The number of allylic oxidation sites excluding steroid dienone is 3. The Morgan fingerprint density at radius 1 is 1.02 bits per heavy atom. The number of esters is 2. The van der Waals surface area contributed by atoms with E-state index in [9.17, 15) is 19.8 Å². The minimum atomic E-state index is -1.54. The smallest absolute Gasteiger partial charge is 0.338 e. The fourth-order valence-electron chi connectivity index (χ4n) is 8.86. The Morgan fingerprint density at radius 2 is 1.85 bits per heavy atom. The van der Waals surface area contributed by atoms with Crippen molar-refractivity contribution in [1.82, 2.24) is 0 Å². The van der Waals surface area contributed by atoms with Crippen molar-refractivity contribution >= 4 is 11.9 Å². The van der Waals surface area contributed by atoms with Gasteiger partial charge >= 0.3 is 11.9 Å². The molecule has 4 unspecified atom stereocenters. The maximum Gasteiger partial charge on any atom is 0.338 e. The highest BCUT2D eigenvalue weighted by molar-refractivity contribution is 5.82. The van der Waals surface area contributed by atoms with Gasteiger partial charge in [0.25, 0.3) is 0 Å². The van der Waals surface area contributed by atoms with Gasteiger partial charge in [-0.15, -0.1) is 0 Å². The van der Waals surface area contributed by atoms with E-state index >= 15 is 0 Å². The first-order valence-corrected chi connectivity index (χ1v) is 14.2. The van der Waals surface area contributed by atoms with Crippen LogP contribution >= 0.6 is 0 Å². The SMILES string of the molecule is CC1=C[C@H]2O[C@@H]3C[C@H]4OC(=O)/C=C\C=C\[C@]56OCC[C@@]7(OC7C(=O)OC[C@@]2(CC1)[C@]4(C)C31CO1)[C@H]5OC(O)C6O. The molecule has 8 rings (SSSR count). The second-order valence-corrected chi connectivity index (χ2v) is 12.8. The van der Waals surface area contributed by atoms with Gasteiger partial charge in [-0.2, -0.15) is 0 Å². The highest BCUT2D eigenvalue weighted by atomic mass is 16.7. The van der Waals surface area contributed by atoms with Crippen LogP contribution in [0.25, 0.3) is 0 Å². The monoisotopic (exact) mass is 558 g/mol. The van der Waals surface area contributed by atoms with E-state index in [-0.39, 0.29) is 25.4 Å². The van der Waals surface area contributed by atoms with Gasteiger partial charge in [-0.25, -0.2) is 9.59 Å². The molecule has 216 valence electrons. The minimum absolute atomic E-state index is 0.0345. The number of hydrogen-bond acceptors (Lipinski definition) is 11. The van der Waals surface area contributed by atoms with Gasteiger partial charge in [-0.05, 0) is 25.8 Å². The molecule has 0 radical (unpaired) electrons. The Morgan fingerprint density at radius 3 is 2.65 bits per heavy atom. The van der Waals surface area contributed by atoms with Crippen molar-refractivity contribution in [1.29, 1.82) is 0 Å². The molecule has 0 aromatic carbocycles. The first kappa shape index (κ1) is 25.6. The summed E-state index contributed by atoms with van der Waals surface area (Å²) in [6.45, 7) is 4.85. The Kier molecular flexibility index (Phi) is 5.14. The van der Waals surface area contributed by atoms with Crippen LogP contribution in [0.5, 0.6) is 0 Å². The second-order valence-electron chi connectivity index (χ2n) is 12.8. The number of aliphatic hydroxyl groups excluding tert-OH is 2. The molecule has 0 amide bonds. The Bertz CT molecular complexity index is 1250. The van der Waals surface area contributed by atoms with Gasteiger partial charge in [0.2, 0.25) is 0 Å². The summed E-state index contributed by atoms with van der Waals surface area (Å²) in [5.74, 6) is -1.07. The van der Waals surface area contributed by atoms with Crippen molar-refractivity contribution in [3.8, 4) is 0 Å². The van der Waals surface area contributed by atoms with E-state index in [1.807, 2.05) is 0 Å². The second kappa shape index (κ2) is 8.03. The first-order chi connectivity index (χ1) is 19.1. The van der Waals surface area contributed by atoms with Crippen LogP contribution in [0.2, 0.25) is 0 Å². The number of cyclic esters (lactones) is 1. The molecule has 11 heteroatoms. The van der Waals surface area contributed by atoms with Crippen LogP contribution in [0.4, 0.5) is 0 Å². The average Bonchev–Trinajstić information content (AvgIpc) is 3.83. The van der Waals surface area contributed by atoms with E-state index in [2.05, 4.69) is 19.9 Å². The summed E-state index contributed by atoms with van der Waals surface area (Å²) in [6, 6.07) is 0. The third-order valence-corrected chi connectivity index (χ3v) is 11.3. The zero-order chi connectivity index (χ0) is 27.7. The third-order valence-electron chi connectivity index (χ3n) is 11.3. The van der Waals surface area contributed by atoms with Gasteiger partial charge in [0.1, 0.15) is 41.7 Å². The lowest BCUT2D eigenvalue weighted by atomic mass is 9.51. The first-order valence-electron chi connectivity index (χ1n) is 14.2. The molecule has 0 aromatic heterocycles. The van der Waals surface area contributed by atoms with E-state index in [4.69, 9.17) is 33.2 Å². The van der Waals surface area contributed by atoms with Crippen molar-refractivity contribution in [2.45, 2.75) is 99.2 Å². The highest BCUT2D eigenvalue weighted by Crippen LogP contribution is 2.72. The van der Waals surface area contributed by atoms with Crippen molar-refractivity contribution in [3.63, 3.8) is 0 Å². The molecule has 6 heterocycles. The van der Waals surface area contributed by atoms with Gasteiger partial charge in [0.05, 0.1) is 30.8 Å². The van der Waals surface area contributed by atoms with Crippen LogP contribution in [0.3, 0.4) is 0 Å². The van der Waals surface area contributed by atoms with Gasteiger partial charge in [0.15, 0.2) is 12.4 Å². The number of hydrogen-bond donors (Lipinski definition) is 2. The van der Waals surface area contributed by atoms with Crippen molar-refractivity contribution in [2.24, 2.45) is 10.8 Å². The summed E-state index contributed by atoms with van der Waals surface area (Å²) in [4.78, 5) is 26.8. The lowest BCUT2D eigenvalue weighted by Gasteiger charge is -2.58. The van der Waals surface area contributed by atoms with E-state index < -0.39 is 70.3 Å². The number of carbonyl (C=O) groups is 2. The quantitative estimate of drug-likeness (QED) is 0.245. The highest BCUT2D eigenvalue weighted by Gasteiger charge is 2.83. The molecule has 0 aromatic rings. The summed E-state index contributed by atoms with van der Waals surface area (Å²) in [6.07, 6.45) is 4.33. The molecule has 6 aliphatic heterocycles. The Labute approximate surface area is 231 Å². The fourth-order valence-corrected chi connectivity index (χ4v) is 8.86.